The van der Waals surface area contributed by atoms with Gasteiger partial charge in [-0.25, -0.2) is 4.85 Å². The lowest BCUT2D eigenvalue weighted by Gasteiger charge is -2.40. The maximum absolute atomic E-state index is 13.5. The zero-order chi connectivity index (χ0) is 28.7. The lowest BCUT2D eigenvalue weighted by atomic mass is 9.90. The summed E-state index contributed by atoms with van der Waals surface area (Å²) in [6, 6.07) is 11.7. The number of nitrogens with one attached hydrogen (secondary N) is 2. The normalized spacial score (nSPS) is 13.1. The van der Waals surface area contributed by atoms with Gasteiger partial charge in [0.05, 0.1) is 35.2 Å². The quantitative estimate of drug-likeness (QED) is 0.204. The van der Waals surface area contributed by atoms with Crippen molar-refractivity contribution in [3.63, 3.8) is 0 Å². The van der Waals surface area contributed by atoms with Crippen LogP contribution in [0.4, 0.5) is 5.69 Å². The number of amides is 2. The molecule has 7 nitrogen and oxygen atoms in total. The Kier molecular flexibility index (Phi) is 10.7. The van der Waals surface area contributed by atoms with Crippen LogP contribution in [0.3, 0.4) is 0 Å². The van der Waals surface area contributed by atoms with Crippen LogP contribution < -0.4 is 10.9 Å². The Morgan fingerprint density at radius 1 is 1.16 bits per heavy atom. The summed E-state index contributed by atoms with van der Waals surface area (Å²) in [7, 11) is -2.21. The number of hydrazine groups is 1. The molecule has 0 radical (unpaired) electrons. The molecule has 0 fully saturated rings. The predicted octanol–water partition coefficient (Wildman–Crippen LogP) is 6.75. The molecule has 0 saturated heterocycles. The van der Waals surface area contributed by atoms with E-state index in [0.29, 0.717) is 34.7 Å². The zero-order valence-electron chi connectivity index (χ0n) is 23.2. The molecule has 0 heterocycles. The maximum atomic E-state index is 13.5. The van der Waals surface area contributed by atoms with E-state index in [1.807, 2.05) is 26.0 Å². The summed E-state index contributed by atoms with van der Waals surface area (Å²) < 4.78 is 6.60. The molecular formula is C29H37ClN4O3Si. The van der Waals surface area contributed by atoms with Crippen LogP contribution in [-0.4, -0.2) is 26.2 Å². The average molecular weight is 553 g/mol. The average Bonchev–Trinajstić information content (AvgIpc) is 2.86. The Morgan fingerprint density at radius 2 is 1.79 bits per heavy atom. The molecule has 2 amide bonds. The first-order valence-corrected chi connectivity index (χ1v) is 16.0. The Balaban J connectivity index is 2.36. The van der Waals surface area contributed by atoms with Crippen LogP contribution in [0.1, 0.15) is 68.1 Å². The maximum Gasteiger partial charge on any atom is 0.269 e. The highest BCUT2D eigenvalue weighted by molar-refractivity contribution is 6.74. The third-order valence-corrected chi connectivity index (χ3v) is 12.1. The van der Waals surface area contributed by atoms with Gasteiger partial charge in [0, 0.05) is 5.56 Å². The molecule has 0 aliphatic carbocycles. The molecule has 2 N–H and O–H groups in total. The molecule has 0 aliphatic heterocycles. The van der Waals surface area contributed by atoms with Gasteiger partial charge < -0.3 is 4.43 Å². The first kappa shape index (κ1) is 31.0. The number of nitriles is 1. The highest BCUT2D eigenvalue weighted by Gasteiger charge is 2.41. The van der Waals surface area contributed by atoms with E-state index in [0.717, 1.165) is 17.5 Å². The fourth-order valence-corrected chi connectivity index (χ4v) is 5.63. The van der Waals surface area contributed by atoms with Crippen LogP contribution >= 0.6 is 11.6 Å². The number of carbonyl (C=O) groups is 2. The molecule has 202 valence electrons. The van der Waals surface area contributed by atoms with Gasteiger partial charge in [-0.3, -0.25) is 20.4 Å². The fourth-order valence-electron chi connectivity index (χ4n) is 3.86. The molecule has 38 heavy (non-hydrogen) atoms. The van der Waals surface area contributed by atoms with E-state index in [4.69, 9.17) is 27.9 Å². The lowest BCUT2D eigenvalue weighted by Crippen LogP contribution is -2.51. The number of hydrogen-bond acceptors (Lipinski definition) is 4. The number of nitrogens with zero attached hydrogens (tertiary/aromatic N) is 2. The molecule has 2 aromatic carbocycles. The van der Waals surface area contributed by atoms with Crippen molar-refractivity contribution >= 4 is 37.4 Å². The molecule has 0 bridgehead atoms. The molecule has 2 atom stereocenters. The molecule has 9 heteroatoms. The van der Waals surface area contributed by atoms with Crippen molar-refractivity contribution in [3.8, 4) is 6.07 Å². The summed E-state index contributed by atoms with van der Waals surface area (Å²) in [6.07, 6.45) is 1.40. The van der Waals surface area contributed by atoms with Gasteiger partial charge in [0.1, 0.15) is 0 Å². The van der Waals surface area contributed by atoms with Crippen LogP contribution in [0, 0.1) is 23.8 Å². The third-order valence-electron chi connectivity index (χ3n) is 7.15. The van der Waals surface area contributed by atoms with E-state index in [1.165, 1.54) is 12.1 Å². The summed E-state index contributed by atoms with van der Waals surface area (Å²) in [5.41, 5.74) is 7.95. The molecular weight excluding hydrogens is 516 g/mol. The van der Waals surface area contributed by atoms with Crippen molar-refractivity contribution < 1.29 is 14.0 Å². The van der Waals surface area contributed by atoms with Gasteiger partial charge >= 0.3 is 0 Å². The minimum Gasteiger partial charge on any atom is -0.413 e. The lowest BCUT2D eigenvalue weighted by molar-refractivity contribution is -0.128. The minimum absolute atomic E-state index is 0.0555. The SMILES string of the molecule is [C-]#[N+]c1ccc(C[C@@H](C(=O)NNC(=O)c2ccc(C#N)cc2)[C@H](C)O[Si](C)(C)C(C)(C)C)c(CCC)c1Cl. The summed E-state index contributed by atoms with van der Waals surface area (Å²) in [5, 5.41) is 9.33. The second kappa shape index (κ2) is 13.1. The van der Waals surface area contributed by atoms with Gasteiger partial charge in [0.15, 0.2) is 8.32 Å². The van der Waals surface area contributed by atoms with E-state index in [1.54, 1.807) is 18.2 Å². The molecule has 0 unspecified atom stereocenters. The Morgan fingerprint density at radius 3 is 2.32 bits per heavy atom. The van der Waals surface area contributed by atoms with Crippen LogP contribution in [0.2, 0.25) is 23.2 Å². The van der Waals surface area contributed by atoms with Gasteiger partial charge in [0.25, 0.3) is 5.91 Å². The molecule has 0 spiro atoms. The zero-order valence-corrected chi connectivity index (χ0v) is 25.0. The molecule has 0 saturated carbocycles. The standard InChI is InChI=1S/C29H37ClN4O3Si/c1-9-10-23-22(15-16-25(32-6)26(23)30)17-24(19(2)37-38(7,8)29(3,4)5)28(36)34-33-27(35)21-13-11-20(18-31)12-14-21/h11-16,19,24H,9-10,17H2,1-5,7-8H3,(H,33,35)(H,34,36)/t19-,24+/m0/s1. The van der Waals surface area contributed by atoms with Crippen molar-refractivity contribution in [2.75, 3.05) is 0 Å². The van der Waals surface area contributed by atoms with Crippen LogP contribution in [-0.2, 0) is 22.1 Å². The van der Waals surface area contributed by atoms with Crippen molar-refractivity contribution in [1.82, 2.24) is 10.9 Å². The minimum atomic E-state index is -2.21. The van der Waals surface area contributed by atoms with E-state index in [2.05, 4.69) is 49.6 Å². The number of benzene rings is 2. The van der Waals surface area contributed by atoms with Crippen LogP contribution in [0.25, 0.3) is 4.85 Å². The predicted molar refractivity (Wildman–Crippen MR) is 153 cm³/mol. The third kappa shape index (κ3) is 7.67. The molecule has 0 aliphatic rings. The first-order chi connectivity index (χ1) is 17.7. The summed E-state index contributed by atoms with van der Waals surface area (Å²) in [4.78, 5) is 29.7. The topological polar surface area (TPSA) is 95.6 Å². The van der Waals surface area contributed by atoms with Crippen molar-refractivity contribution in [3.05, 3.63) is 75.1 Å². The number of carbonyl (C=O) groups excluding carboxylic acids is 2. The van der Waals surface area contributed by atoms with Crippen LogP contribution in [0.5, 0.6) is 0 Å². The number of hydrogen-bond donors (Lipinski definition) is 2. The number of halogens is 1. The van der Waals surface area contributed by atoms with E-state index in [-0.39, 0.29) is 10.9 Å². The summed E-state index contributed by atoms with van der Waals surface area (Å²) in [6.45, 7) is 22.0. The highest BCUT2D eigenvalue weighted by Crippen LogP contribution is 2.39. The van der Waals surface area contributed by atoms with Crippen molar-refractivity contribution in [2.24, 2.45) is 5.92 Å². The number of rotatable bonds is 9. The Labute approximate surface area is 232 Å². The summed E-state index contributed by atoms with van der Waals surface area (Å²) in [5.74, 6) is -1.50. The largest absolute Gasteiger partial charge is 0.413 e. The van der Waals surface area contributed by atoms with E-state index in [9.17, 15) is 9.59 Å². The first-order valence-electron chi connectivity index (χ1n) is 12.7. The van der Waals surface area contributed by atoms with Gasteiger partial charge in [-0.2, -0.15) is 5.26 Å². The second-order valence-corrected chi connectivity index (χ2v) is 16.1. The monoisotopic (exact) mass is 552 g/mol. The Bertz CT molecular complexity index is 1240. The summed E-state index contributed by atoms with van der Waals surface area (Å²) >= 11 is 6.58. The van der Waals surface area contributed by atoms with E-state index < -0.39 is 26.2 Å². The van der Waals surface area contributed by atoms with Gasteiger partial charge in [-0.05, 0) is 73.3 Å². The van der Waals surface area contributed by atoms with Crippen LogP contribution in [0.15, 0.2) is 36.4 Å². The van der Waals surface area contributed by atoms with Gasteiger partial charge in [0.2, 0.25) is 11.6 Å². The highest BCUT2D eigenvalue weighted by atomic mass is 35.5. The van der Waals surface area contributed by atoms with Crippen molar-refractivity contribution in [2.45, 2.75) is 78.1 Å². The van der Waals surface area contributed by atoms with Gasteiger partial charge in [-0.15, -0.1) is 0 Å². The molecule has 2 aromatic rings. The van der Waals surface area contributed by atoms with E-state index >= 15 is 0 Å². The molecule has 2 rings (SSSR count). The van der Waals surface area contributed by atoms with Crippen molar-refractivity contribution in [1.29, 1.82) is 5.26 Å². The van der Waals surface area contributed by atoms with Gasteiger partial charge in [-0.1, -0.05) is 57.8 Å². The Hall–Kier alpha value is -3.17. The second-order valence-electron chi connectivity index (χ2n) is 10.9. The molecule has 0 aromatic heterocycles. The smallest absolute Gasteiger partial charge is 0.269 e. The fraction of sp³-hybridized carbons (Fsp3) is 0.448.